The van der Waals surface area contributed by atoms with Gasteiger partial charge in [0.15, 0.2) is 5.78 Å². The number of allylic oxidation sites excluding steroid dienone is 1. The number of rotatable bonds is 3. The van der Waals surface area contributed by atoms with Crippen molar-refractivity contribution >= 4 is 5.78 Å². The van der Waals surface area contributed by atoms with Crippen LogP contribution in [0, 0.1) is 0 Å². The quantitative estimate of drug-likeness (QED) is 0.475. The number of hydrogen-bond donors (Lipinski definition) is 1. The molecule has 0 heterocycles. The SMILES string of the molecule is CC=CC(=O)CNC.F.F.F.F.[Nb]. The van der Waals surface area contributed by atoms with Crippen LogP contribution in [-0.4, -0.2) is 19.4 Å². The van der Waals surface area contributed by atoms with E-state index in [1.54, 1.807) is 19.2 Å². The van der Waals surface area contributed by atoms with Crippen molar-refractivity contribution in [3.8, 4) is 0 Å². The van der Waals surface area contributed by atoms with Crippen molar-refractivity contribution in [1.82, 2.24) is 5.32 Å². The van der Waals surface area contributed by atoms with Crippen molar-refractivity contribution in [2.45, 2.75) is 6.92 Å². The molecule has 0 spiro atoms. The van der Waals surface area contributed by atoms with E-state index in [1.807, 2.05) is 6.92 Å². The molecule has 0 bridgehead atoms. The molecular formula is C6H15F4NNbO. The molecule has 13 heavy (non-hydrogen) atoms. The Morgan fingerprint density at radius 3 is 1.85 bits per heavy atom. The molecule has 0 amide bonds. The number of ketones is 1. The first-order chi connectivity index (χ1) is 3.81. The molecule has 83 valence electrons. The monoisotopic (exact) mass is 286 g/mol. The van der Waals surface area contributed by atoms with E-state index in [9.17, 15) is 4.79 Å². The van der Waals surface area contributed by atoms with Gasteiger partial charge in [-0.2, -0.15) is 0 Å². The Balaban J connectivity index is -0.0000000245. The molecule has 0 fully saturated rings. The van der Waals surface area contributed by atoms with Crippen molar-refractivity contribution in [3.05, 3.63) is 12.2 Å². The van der Waals surface area contributed by atoms with Crippen LogP contribution in [0.4, 0.5) is 18.8 Å². The van der Waals surface area contributed by atoms with Gasteiger partial charge in [0.2, 0.25) is 0 Å². The molecule has 0 atom stereocenters. The number of carbonyl (C=O) groups excluding carboxylic acids is 1. The number of halogens is 4. The predicted octanol–water partition coefficient (Wildman–Crippen LogP) is 0.958. The van der Waals surface area contributed by atoms with Crippen LogP contribution in [0.25, 0.3) is 0 Å². The van der Waals surface area contributed by atoms with Gasteiger partial charge in [-0.1, -0.05) is 6.08 Å². The molecule has 2 nitrogen and oxygen atoms in total. The Labute approximate surface area is 90.1 Å². The second-order valence-electron chi connectivity index (χ2n) is 1.50. The standard InChI is InChI=1S/C6H11NO.4FH.Nb/c1-3-4-6(8)5-7-2;;;;;/h3-4,7H,5H2,1-2H3;4*1H;. The zero-order valence-electron chi connectivity index (χ0n) is 7.35. The summed E-state index contributed by atoms with van der Waals surface area (Å²) in [7, 11) is 1.75. The van der Waals surface area contributed by atoms with Crippen LogP contribution in [0.15, 0.2) is 12.2 Å². The summed E-state index contributed by atoms with van der Waals surface area (Å²) in [4.78, 5) is 10.5. The molecule has 0 aromatic carbocycles. The van der Waals surface area contributed by atoms with Gasteiger partial charge >= 0.3 is 0 Å². The summed E-state index contributed by atoms with van der Waals surface area (Å²) in [6.45, 7) is 2.26. The van der Waals surface area contributed by atoms with E-state index >= 15 is 0 Å². The van der Waals surface area contributed by atoms with Gasteiger partial charge in [0, 0.05) is 22.4 Å². The van der Waals surface area contributed by atoms with Gasteiger partial charge in [-0.25, -0.2) is 0 Å². The third-order valence-corrected chi connectivity index (χ3v) is 0.704. The van der Waals surface area contributed by atoms with E-state index < -0.39 is 0 Å². The largest absolute Gasteiger partial charge is 0.313 e. The van der Waals surface area contributed by atoms with Crippen LogP contribution >= 0.6 is 0 Å². The third kappa shape index (κ3) is 33.6. The first-order valence-electron chi connectivity index (χ1n) is 2.61. The fourth-order valence-corrected chi connectivity index (χ4v) is 0.419. The summed E-state index contributed by atoms with van der Waals surface area (Å²) < 4.78 is 0. The molecule has 1 radical (unpaired) electrons. The normalized spacial score (nSPS) is 6.31. The first kappa shape index (κ1) is 38.5. The summed E-state index contributed by atoms with van der Waals surface area (Å²) in [6.07, 6.45) is 3.29. The van der Waals surface area contributed by atoms with E-state index in [0.29, 0.717) is 6.54 Å². The van der Waals surface area contributed by atoms with Gasteiger partial charge < -0.3 is 5.32 Å². The Morgan fingerprint density at radius 1 is 1.23 bits per heavy atom. The van der Waals surface area contributed by atoms with E-state index in [-0.39, 0.29) is 47.0 Å². The molecule has 0 rings (SSSR count). The van der Waals surface area contributed by atoms with Crippen molar-refractivity contribution in [3.63, 3.8) is 0 Å². The average molecular weight is 286 g/mol. The maximum Gasteiger partial charge on any atom is 0.169 e. The Morgan fingerprint density at radius 2 is 1.62 bits per heavy atom. The van der Waals surface area contributed by atoms with Crippen molar-refractivity contribution in [1.29, 1.82) is 0 Å². The van der Waals surface area contributed by atoms with Gasteiger partial charge in [-0.15, -0.1) is 0 Å². The van der Waals surface area contributed by atoms with Crippen LogP contribution in [0.3, 0.4) is 0 Å². The summed E-state index contributed by atoms with van der Waals surface area (Å²) in [5.41, 5.74) is 0. The molecule has 0 aliphatic heterocycles. The molecule has 0 saturated carbocycles. The van der Waals surface area contributed by atoms with Crippen LogP contribution in [0.1, 0.15) is 6.92 Å². The molecule has 0 saturated heterocycles. The molecule has 0 aromatic rings. The molecular weight excluding hydrogens is 271 g/mol. The minimum atomic E-state index is 0. The molecule has 0 aliphatic rings. The van der Waals surface area contributed by atoms with Gasteiger partial charge in [0.05, 0.1) is 6.54 Å². The number of hydrogen-bond acceptors (Lipinski definition) is 2. The van der Waals surface area contributed by atoms with Crippen molar-refractivity contribution in [2.24, 2.45) is 0 Å². The predicted molar refractivity (Wildman–Crippen MR) is 43.8 cm³/mol. The van der Waals surface area contributed by atoms with Gasteiger partial charge in [-0.05, 0) is 20.0 Å². The maximum atomic E-state index is 10.5. The van der Waals surface area contributed by atoms with Crippen LogP contribution in [0.5, 0.6) is 0 Å². The van der Waals surface area contributed by atoms with E-state index in [4.69, 9.17) is 0 Å². The maximum absolute atomic E-state index is 10.5. The van der Waals surface area contributed by atoms with E-state index in [2.05, 4.69) is 5.32 Å². The smallest absolute Gasteiger partial charge is 0.169 e. The zero-order chi connectivity index (χ0) is 6.41. The van der Waals surface area contributed by atoms with Gasteiger partial charge in [0.25, 0.3) is 0 Å². The number of nitrogens with one attached hydrogen (secondary N) is 1. The van der Waals surface area contributed by atoms with E-state index in [1.165, 1.54) is 0 Å². The first-order valence-corrected chi connectivity index (χ1v) is 2.61. The number of carbonyl (C=O) groups is 1. The summed E-state index contributed by atoms with van der Waals surface area (Å²) in [5.74, 6) is 0.120. The van der Waals surface area contributed by atoms with E-state index in [0.717, 1.165) is 0 Å². The topological polar surface area (TPSA) is 29.1 Å². The van der Waals surface area contributed by atoms with Crippen molar-refractivity contribution < 1.29 is 46.0 Å². The Bertz CT molecular complexity index is 113. The minimum Gasteiger partial charge on any atom is -0.313 e. The third-order valence-electron chi connectivity index (χ3n) is 0.704. The molecule has 0 aliphatic carbocycles. The molecule has 1 N–H and O–H groups in total. The average Bonchev–Trinajstić information content (AvgIpc) is 1.68. The van der Waals surface area contributed by atoms with Crippen LogP contribution in [0.2, 0.25) is 0 Å². The summed E-state index contributed by atoms with van der Waals surface area (Å²) in [6, 6.07) is 0. The summed E-state index contributed by atoms with van der Waals surface area (Å²) in [5, 5.41) is 2.75. The molecule has 0 unspecified atom stereocenters. The fraction of sp³-hybridized carbons (Fsp3) is 0.500. The summed E-state index contributed by atoms with van der Waals surface area (Å²) >= 11 is 0. The van der Waals surface area contributed by atoms with Gasteiger partial charge in [-0.3, -0.25) is 23.6 Å². The fourth-order valence-electron chi connectivity index (χ4n) is 0.419. The molecule has 7 heteroatoms. The second-order valence-corrected chi connectivity index (χ2v) is 1.50. The van der Waals surface area contributed by atoms with Crippen molar-refractivity contribution in [2.75, 3.05) is 13.6 Å². The van der Waals surface area contributed by atoms with Gasteiger partial charge in [0.1, 0.15) is 0 Å². The van der Waals surface area contributed by atoms with Crippen LogP contribution < -0.4 is 5.32 Å². The number of likely N-dealkylation sites (N-methyl/N-ethyl adjacent to an activating group) is 1. The zero-order valence-corrected chi connectivity index (χ0v) is 9.55. The Kier molecular flexibility index (Phi) is 88.1. The molecule has 0 aromatic heterocycles. The Hall–Kier alpha value is -0.170. The second kappa shape index (κ2) is 29.7. The van der Waals surface area contributed by atoms with Crippen LogP contribution in [-0.2, 0) is 27.2 Å². The minimum absolute atomic E-state index is 0.